The maximum atomic E-state index is 5.25. The molecule has 0 atom stereocenters. The van der Waals surface area contributed by atoms with Crippen LogP contribution in [0.3, 0.4) is 0 Å². The fourth-order valence-electron chi connectivity index (χ4n) is 1.22. The van der Waals surface area contributed by atoms with E-state index in [1.807, 2.05) is 6.92 Å². The summed E-state index contributed by atoms with van der Waals surface area (Å²) in [6, 6.07) is 0. The maximum absolute atomic E-state index is 5.25. The zero-order valence-corrected chi connectivity index (χ0v) is 11.5. The summed E-state index contributed by atoms with van der Waals surface area (Å²) in [5.74, 6) is 0. The summed E-state index contributed by atoms with van der Waals surface area (Å²) in [6.07, 6.45) is 0. The molecule has 4 heteroatoms. The standard InChI is InChI=1S/C12H22N2OS/c1-5-15-7-6-13-8-11-14-10(9-16-11)12(2,3)4/h9,13H,5-8H2,1-4H3. The highest BCUT2D eigenvalue weighted by atomic mass is 32.1. The van der Waals surface area contributed by atoms with Gasteiger partial charge in [-0.25, -0.2) is 4.98 Å². The molecule has 0 saturated carbocycles. The molecule has 92 valence electrons. The van der Waals surface area contributed by atoms with E-state index in [0.717, 1.165) is 31.3 Å². The van der Waals surface area contributed by atoms with E-state index in [4.69, 9.17) is 4.74 Å². The SMILES string of the molecule is CCOCCNCc1nc(C(C)(C)C)cs1. The Balaban J connectivity index is 2.30. The Morgan fingerprint density at radius 1 is 1.44 bits per heavy atom. The lowest BCUT2D eigenvalue weighted by atomic mass is 9.93. The molecule has 0 aliphatic rings. The zero-order chi connectivity index (χ0) is 12.0. The molecule has 1 aromatic rings. The molecule has 0 radical (unpaired) electrons. The molecule has 1 rings (SSSR count). The minimum Gasteiger partial charge on any atom is -0.380 e. The largest absolute Gasteiger partial charge is 0.380 e. The third-order valence-corrected chi connectivity index (χ3v) is 3.07. The number of nitrogens with zero attached hydrogens (tertiary/aromatic N) is 1. The molecule has 0 aliphatic carbocycles. The zero-order valence-electron chi connectivity index (χ0n) is 10.7. The number of thiazole rings is 1. The van der Waals surface area contributed by atoms with Gasteiger partial charge in [-0.1, -0.05) is 20.8 Å². The van der Waals surface area contributed by atoms with Gasteiger partial charge >= 0.3 is 0 Å². The molecule has 0 bridgehead atoms. The predicted molar refractivity (Wildman–Crippen MR) is 69.0 cm³/mol. The number of hydrogen-bond acceptors (Lipinski definition) is 4. The van der Waals surface area contributed by atoms with Gasteiger partial charge < -0.3 is 10.1 Å². The molecule has 0 amide bonds. The van der Waals surface area contributed by atoms with Gasteiger partial charge in [0.15, 0.2) is 0 Å². The van der Waals surface area contributed by atoms with Crippen molar-refractivity contribution >= 4 is 11.3 Å². The van der Waals surface area contributed by atoms with Crippen LogP contribution in [0.25, 0.3) is 0 Å². The van der Waals surface area contributed by atoms with E-state index in [-0.39, 0.29) is 5.41 Å². The summed E-state index contributed by atoms with van der Waals surface area (Å²) in [6.45, 7) is 11.9. The van der Waals surface area contributed by atoms with E-state index in [2.05, 4.69) is 36.5 Å². The summed E-state index contributed by atoms with van der Waals surface area (Å²) < 4.78 is 5.25. The van der Waals surface area contributed by atoms with Crippen molar-refractivity contribution in [3.63, 3.8) is 0 Å². The van der Waals surface area contributed by atoms with Gasteiger partial charge in [-0.05, 0) is 6.92 Å². The van der Waals surface area contributed by atoms with Gasteiger partial charge in [-0.3, -0.25) is 0 Å². The summed E-state index contributed by atoms with van der Waals surface area (Å²) in [4.78, 5) is 4.61. The first kappa shape index (κ1) is 13.6. The Kier molecular flexibility index (Phi) is 5.38. The van der Waals surface area contributed by atoms with Crippen molar-refractivity contribution in [3.8, 4) is 0 Å². The number of hydrogen-bond donors (Lipinski definition) is 1. The lowest BCUT2D eigenvalue weighted by Crippen LogP contribution is -2.19. The van der Waals surface area contributed by atoms with E-state index in [1.165, 1.54) is 5.69 Å². The molecule has 16 heavy (non-hydrogen) atoms. The highest BCUT2D eigenvalue weighted by molar-refractivity contribution is 7.09. The summed E-state index contributed by atoms with van der Waals surface area (Å²) in [5, 5.41) is 6.63. The Hall–Kier alpha value is -0.450. The molecule has 0 aliphatic heterocycles. The first-order chi connectivity index (χ1) is 7.54. The van der Waals surface area contributed by atoms with Crippen LogP contribution in [-0.4, -0.2) is 24.7 Å². The van der Waals surface area contributed by atoms with Crippen LogP contribution in [0, 0.1) is 0 Å². The third-order valence-electron chi connectivity index (χ3n) is 2.22. The molecule has 0 unspecified atom stereocenters. The van der Waals surface area contributed by atoms with Gasteiger partial charge in [0.25, 0.3) is 0 Å². The monoisotopic (exact) mass is 242 g/mol. The van der Waals surface area contributed by atoms with Crippen molar-refractivity contribution in [2.75, 3.05) is 19.8 Å². The highest BCUT2D eigenvalue weighted by Crippen LogP contribution is 2.23. The highest BCUT2D eigenvalue weighted by Gasteiger charge is 2.16. The lowest BCUT2D eigenvalue weighted by Gasteiger charge is -2.14. The minimum absolute atomic E-state index is 0.153. The van der Waals surface area contributed by atoms with Gasteiger partial charge in [-0.15, -0.1) is 11.3 Å². The van der Waals surface area contributed by atoms with Crippen LogP contribution >= 0.6 is 11.3 Å². The molecule has 3 nitrogen and oxygen atoms in total. The fraction of sp³-hybridized carbons (Fsp3) is 0.750. The van der Waals surface area contributed by atoms with Crippen molar-refractivity contribution in [3.05, 3.63) is 16.1 Å². The van der Waals surface area contributed by atoms with Crippen molar-refractivity contribution in [1.82, 2.24) is 10.3 Å². The molecule has 0 saturated heterocycles. The van der Waals surface area contributed by atoms with E-state index in [0.29, 0.717) is 0 Å². The van der Waals surface area contributed by atoms with Gasteiger partial charge in [0.1, 0.15) is 5.01 Å². The van der Waals surface area contributed by atoms with Crippen molar-refractivity contribution in [2.45, 2.75) is 39.7 Å². The molecular weight excluding hydrogens is 220 g/mol. The number of rotatable bonds is 6. The Morgan fingerprint density at radius 3 is 2.75 bits per heavy atom. The molecule has 0 spiro atoms. The lowest BCUT2D eigenvalue weighted by molar-refractivity contribution is 0.149. The van der Waals surface area contributed by atoms with Crippen molar-refractivity contribution in [2.24, 2.45) is 0 Å². The average molecular weight is 242 g/mol. The fourth-order valence-corrected chi connectivity index (χ4v) is 2.21. The third kappa shape index (κ3) is 4.60. The average Bonchev–Trinajstić information content (AvgIpc) is 2.65. The summed E-state index contributed by atoms with van der Waals surface area (Å²) >= 11 is 1.73. The quantitative estimate of drug-likeness (QED) is 0.779. The normalized spacial score (nSPS) is 12.0. The van der Waals surface area contributed by atoms with E-state index >= 15 is 0 Å². The molecular formula is C12H22N2OS. The van der Waals surface area contributed by atoms with E-state index in [9.17, 15) is 0 Å². The second-order valence-electron chi connectivity index (χ2n) is 4.75. The smallest absolute Gasteiger partial charge is 0.107 e. The molecule has 1 N–H and O–H groups in total. The first-order valence-electron chi connectivity index (χ1n) is 5.77. The second kappa shape index (κ2) is 6.33. The van der Waals surface area contributed by atoms with Crippen LogP contribution < -0.4 is 5.32 Å². The molecule has 1 heterocycles. The maximum Gasteiger partial charge on any atom is 0.107 e. The molecule has 0 fully saturated rings. The van der Waals surface area contributed by atoms with E-state index < -0.39 is 0 Å². The molecule has 1 aromatic heterocycles. The van der Waals surface area contributed by atoms with Gasteiger partial charge in [0, 0.05) is 30.5 Å². The number of aromatic nitrogens is 1. The van der Waals surface area contributed by atoms with Crippen LogP contribution in [0.15, 0.2) is 5.38 Å². The summed E-state index contributed by atoms with van der Waals surface area (Å²) in [5.41, 5.74) is 1.33. The van der Waals surface area contributed by atoms with Crippen LogP contribution in [0.1, 0.15) is 38.4 Å². The number of ether oxygens (including phenoxy) is 1. The minimum atomic E-state index is 0.153. The van der Waals surface area contributed by atoms with Gasteiger partial charge in [0.05, 0.1) is 12.3 Å². The Labute approximate surface area is 102 Å². The van der Waals surface area contributed by atoms with E-state index in [1.54, 1.807) is 11.3 Å². The second-order valence-corrected chi connectivity index (χ2v) is 5.69. The Morgan fingerprint density at radius 2 is 2.19 bits per heavy atom. The van der Waals surface area contributed by atoms with Crippen molar-refractivity contribution < 1.29 is 4.74 Å². The first-order valence-corrected chi connectivity index (χ1v) is 6.65. The van der Waals surface area contributed by atoms with Gasteiger partial charge in [-0.2, -0.15) is 0 Å². The van der Waals surface area contributed by atoms with Crippen LogP contribution in [0.4, 0.5) is 0 Å². The van der Waals surface area contributed by atoms with Crippen LogP contribution in [-0.2, 0) is 16.7 Å². The number of nitrogens with one attached hydrogen (secondary N) is 1. The van der Waals surface area contributed by atoms with Crippen LogP contribution in [0.2, 0.25) is 0 Å². The van der Waals surface area contributed by atoms with Gasteiger partial charge in [0.2, 0.25) is 0 Å². The summed E-state index contributed by atoms with van der Waals surface area (Å²) in [7, 11) is 0. The predicted octanol–water partition coefficient (Wildman–Crippen LogP) is 2.57. The molecule has 0 aromatic carbocycles. The Bertz CT molecular complexity index is 304. The topological polar surface area (TPSA) is 34.1 Å². The van der Waals surface area contributed by atoms with Crippen LogP contribution in [0.5, 0.6) is 0 Å². The van der Waals surface area contributed by atoms with Crippen molar-refractivity contribution in [1.29, 1.82) is 0 Å².